The molecule has 0 aliphatic carbocycles. The van der Waals surface area contributed by atoms with Gasteiger partial charge in [0.2, 0.25) is 0 Å². The monoisotopic (exact) mass is 276 g/mol. The molecule has 1 N–H and O–H groups in total. The molecule has 1 aromatic heterocycles. The molecule has 0 fully saturated rings. The van der Waals surface area contributed by atoms with E-state index in [1.54, 1.807) is 24.3 Å². The Morgan fingerprint density at radius 1 is 1.45 bits per heavy atom. The Hall–Kier alpha value is -2.83. The standard InChI is InChI=1S/C13H12N2O5/c1-14(7-9-4-5-20-8-9)12-3-2-10(15(18)19)6-11(12)13(16)17/h2-6,8H,7H2,1H3,(H,16,17). The second-order valence-electron chi connectivity index (χ2n) is 4.25. The fourth-order valence-electron chi connectivity index (χ4n) is 1.88. The lowest BCUT2D eigenvalue weighted by molar-refractivity contribution is -0.384. The van der Waals surface area contributed by atoms with Gasteiger partial charge in [0, 0.05) is 31.3 Å². The molecule has 104 valence electrons. The summed E-state index contributed by atoms with van der Waals surface area (Å²) in [4.78, 5) is 23.0. The summed E-state index contributed by atoms with van der Waals surface area (Å²) in [5, 5.41) is 19.9. The van der Waals surface area contributed by atoms with Crippen LogP contribution in [0.25, 0.3) is 0 Å². The molecule has 1 aromatic carbocycles. The van der Waals surface area contributed by atoms with Crippen LogP contribution >= 0.6 is 0 Å². The summed E-state index contributed by atoms with van der Waals surface area (Å²) in [5.74, 6) is -1.21. The first-order chi connectivity index (χ1) is 9.49. The minimum atomic E-state index is -1.21. The second-order valence-corrected chi connectivity index (χ2v) is 4.25. The number of nitro benzene ring substituents is 1. The zero-order valence-corrected chi connectivity index (χ0v) is 10.6. The molecule has 0 spiro atoms. The Morgan fingerprint density at radius 3 is 2.75 bits per heavy atom. The minimum Gasteiger partial charge on any atom is -0.478 e. The largest absolute Gasteiger partial charge is 0.478 e. The van der Waals surface area contributed by atoms with Crippen LogP contribution in [0.4, 0.5) is 11.4 Å². The second kappa shape index (κ2) is 5.43. The van der Waals surface area contributed by atoms with Gasteiger partial charge < -0.3 is 14.4 Å². The van der Waals surface area contributed by atoms with Gasteiger partial charge in [-0.15, -0.1) is 0 Å². The smallest absolute Gasteiger partial charge is 0.338 e. The Labute approximate surface area is 114 Å². The highest BCUT2D eigenvalue weighted by Gasteiger charge is 2.18. The van der Waals surface area contributed by atoms with Gasteiger partial charge in [-0.25, -0.2) is 4.79 Å². The molecule has 0 radical (unpaired) electrons. The third kappa shape index (κ3) is 2.77. The van der Waals surface area contributed by atoms with Crippen LogP contribution in [0.2, 0.25) is 0 Å². The van der Waals surface area contributed by atoms with Gasteiger partial charge in [0.05, 0.1) is 28.7 Å². The molecular weight excluding hydrogens is 264 g/mol. The maximum atomic E-state index is 11.2. The van der Waals surface area contributed by atoms with E-state index in [9.17, 15) is 20.0 Å². The molecule has 7 heteroatoms. The van der Waals surface area contributed by atoms with Gasteiger partial charge in [0.1, 0.15) is 0 Å². The SMILES string of the molecule is CN(Cc1ccoc1)c1ccc([N+](=O)[O-])cc1C(=O)O. The Kier molecular flexibility index (Phi) is 3.69. The van der Waals surface area contributed by atoms with E-state index >= 15 is 0 Å². The van der Waals surface area contributed by atoms with Crippen molar-refractivity contribution in [2.24, 2.45) is 0 Å². The van der Waals surface area contributed by atoms with E-state index in [4.69, 9.17) is 4.42 Å². The predicted molar refractivity (Wildman–Crippen MR) is 70.9 cm³/mol. The number of furan rings is 1. The topological polar surface area (TPSA) is 96.8 Å². The first kappa shape index (κ1) is 13.6. The number of carboxylic acids is 1. The van der Waals surface area contributed by atoms with Gasteiger partial charge >= 0.3 is 5.97 Å². The highest BCUT2D eigenvalue weighted by atomic mass is 16.6. The Balaban J connectivity index is 2.35. The van der Waals surface area contributed by atoms with Crippen LogP contribution in [0, 0.1) is 10.1 Å². The molecular formula is C13H12N2O5. The fourth-order valence-corrected chi connectivity index (χ4v) is 1.88. The maximum Gasteiger partial charge on any atom is 0.338 e. The number of rotatable bonds is 5. The van der Waals surface area contributed by atoms with Crippen molar-refractivity contribution in [3.05, 3.63) is 58.0 Å². The molecule has 0 bridgehead atoms. The van der Waals surface area contributed by atoms with Crippen molar-refractivity contribution in [2.75, 3.05) is 11.9 Å². The van der Waals surface area contributed by atoms with Crippen LogP contribution < -0.4 is 4.90 Å². The summed E-state index contributed by atoms with van der Waals surface area (Å²) in [5.41, 5.74) is 0.930. The van der Waals surface area contributed by atoms with E-state index in [-0.39, 0.29) is 11.3 Å². The van der Waals surface area contributed by atoms with Crippen molar-refractivity contribution < 1.29 is 19.2 Å². The first-order valence-electron chi connectivity index (χ1n) is 5.73. The quantitative estimate of drug-likeness (QED) is 0.665. The molecule has 2 aromatic rings. The minimum absolute atomic E-state index is 0.106. The van der Waals surface area contributed by atoms with Crippen LogP contribution in [0.5, 0.6) is 0 Å². The van der Waals surface area contributed by atoms with Gasteiger partial charge in [-0.2, -0.15) is 0 Å². The first-order valence-corrected chi connectivity index (χ1v) is 5.73. The zero-order valence-electron chi connectivity index (χ0n) is 10.6. The van der Waals surface area contributed by atoms with Crippen molar-refractivity contribution >= 4 is 17.3 Å². The Bertz CT molecular complexity index is 636. The molecule has 0 atom stereocenters. The fraction of sp³-hybridized carbons (Fsp3) is 0.154. The Morgan fingerprint density at radius 2 is 2.20 bits per heavy atom. The molecule has 0 saturated carbocycles. The van der Waals surface area contributed by atoms with E-state index in [0.29, 0.717) is 12.2 Å². The number of benzene rings is 1. The van der Waals surface area contributed by atoms with Gasteiger partial charge in [0.15, 0.2) is 0 Å². The van der Waals surface area contributed by atoms with Crippen molar-refractivity contribution in [3.63, 3.8) is 0 Å². The van der Waals surface area contributed by atoms with Crippen molar-refractivity contribution in [3.8, 4) is 0 Å². The molecule has 0 aliphatic rings. The number of carboxylic acid groups (broad SMARTS) is 1. The van der Waals surface area contributed by atoms with Gasteiger partial charge in [-0.3, -0.25) is 10.1 Å². The number of non-ortho nitro benzene ring substituents is 1. The lowest BCUT2D eigenvalue weighted by Crippen LogP contribution is -2.19. The van der Waals surface area contributed by atoms with Crippen LogP contribution in [0.3, 0.4) is 0 Å². The van der Waals surface area contributed by atoms with Gasteiger partial charge in [-0.05, 0) is 12.1 Å². The number of nitro groups is 1. The number of nitrogens with zero attached hydrogens (tertiary/aromatic N) is 2. The van der Waals surface area contributed by atoms with Crippen LogP contribution in [-0.2, 0) is 6.54 Å². The summed E-state index contributed by atoms with van der Waals surface area (Å²) in [6, 6.07) is 5.54. The molecule has 20 heavy (non-hydrogen) atoms. The summed E-state index contributed by atoms with van der Waals surface area (Å²) >= 11 is 0. The van der Waals surface area contributed by atoms with Crippen LogP contribution in [0.15, 0.2) is 41.2 Å². The zero-order chi connectivity index (χ0) is 14.7. The number of carbonyl (C=O) groups is 1. The highest BCUT2D eigenvalue weighted by Crippen LogP contribution is 2.26. The van der Waals surface area contributed by atoms with E-state index < -0.39 is 10.9 Å². The predicted octanol–water partition coefficient (Wildman–Crippen LogP) is 2.52. The summed E-state index contributed by atoms with van der Waals surface area (Å²) in [6.45, 7) is 0.439. The van der Waals surface area contributed by atoms with E-state index in [1.807, 2.05) is 0 Å². The molecule has 0 unspecified atom stereocenters. The number of anilines is 1. The van der Waals surface area contributed by atoms with Gasteiger partial charge in [-0.1, -0.05) is 0 Å². The molecule has 1 heterocycles. The average molecular weight is 276 g/mol. The van der Waals surface area contributed by atoms with E-state index in [0.717, 1.165) is 11.6 Å². The lowest BCUT2D eigenvalue weighted by Gasteiger charge is -2.20. The normalized spacial score (nSPS) is 10.2. The van der Waals surface area contributed by atoms with Crippen molar-refractivity contribution in [1.82, 2.24) is 0 Å². The molecule has 0 saturated heterocycles. The molecule has 0 aliphatic heterocycles. The third-order valence-corrected chi connectivity index (χ3v) is 2.83. The van der Waals surface area contributed by atoms with Crippen molar-refractivity contribution in [1.29, 1.82) is 0 Å². The maximum absolute atomic E-state index is 11.2. The lowest BCUT2D eigenvalue weighted by atomic mass is 10.1. The molecule has 7 nitrogen and oxygen atoms in total. The molecule has 2 rings (SSSR count). The summed E-state index contributed by atoms with van der Waals surface area (Å²) in [7, 11) is 1.71. The van der Waals surface area contributed by atoms with Gasteiger partial charge in [0.25, 0.3) is 5.69 Å². The average Bonchev–Trinajstić information content (AvgIpc) is 2.90. The molecule has 0 amide bonds. The number of aromatic carboxylic acids is 1. The summed E-state index contributed by atoms with van der Waals surface area (Å²) < 4.78 is 4.95. The van der Waals surface area contributed by atoms with E-state index in [2.05, 4.69) is 0 Å². The number of hydrogen-bond acceptors (Lipinski definition) is 5. The summed E-state index contributed by atoms with van der Waals surface area (Å²) in [6.07, 6.45) is 3.08. The van der Waals surface area contributed by atoms with Crippen molar-refractivity contribution in [2.45, 2.75) is 6.54 Å². The number of hydrogen-bond donors (Lipinski definition) is 1. The van der Waals surface area contributed by atoms with Crippen LogP contribution in [0.1, 0.15) is 15.9 Å². The highest BCUT2D eigenvalue weighted by molar-refractivity contribution is 5.95. The third-order valence-electron chi connectivity index (χ3n) is 2.83. The van der Waals surface area contributed by atoms with Crippen LogP contribution in [-0.4, -0.2) is 23.0 Å². The van der Waals surface area contributed by atoms with E-state index in [1.165, 1.54) is 18.4 Å².